The Morgan fingerprint density at radius 1 is 0.538 bits per heavy atom. The summed E-state index contributed by atoms with van der Waals surface area (Å²) in [5.74, 6) is -0.650. The standard InChI is InChI=1S/C21H17NO4/c23-18-7-4-14(12-20(18)25)1-2-16-9-10-22-17(11-16)6-3-15-5-8-19(24)21(26)13-15/h1-13,23-26H/b2-1+,6-3+. The Balaban J connectivity index is 1.77. The molecule has 1 heterocycles. The van der Waals surface area contributed by atoms with E-state index in [1.807, 2.05) is 24.3 Å². The van der Waals surface area contributed by atoms with Crippen molar-refractivity contribution in [2.24, 2.45) is 0 Å². The molecule has 5 heteroatoms. The number of hydrogen-bond acceptors (Lipinski definition) is 5. The molecule has 0 atom stereocenters. The average molecular weight is 347 g/mol. The van der Waals surface area contributed by atoms with Gasteiger partial charge in [-0.05, 0) is 59.2 Å². The van der Waals surface area contributed by atoms with Gasteiger partial charge in [0.15, 0.2) is 23.0 Å². The van der Waals surface area contributed by atoms with Crippen molar-refractivity contribution in [2.75, 3.05) is 0 Å². The Morgan fingerprint density at radius 3 is 1.58 bits per heavy atom. The maximum absolute atomic E-state index is 9.52. The van der Waals surface area contributed by atoms with Crippen molar-refractivity contribution < 1.29 is 20.4 Å². The number of rotatable bonds is 4. The van der Waals surface area contributed by atoms with Crippen LogP contribution < -0.4 is 0 Å². The molecular weight excluding hydrogens is 330 g/mol. The maximum Gasteiger partial charge on any atom is 0.157 e. The minimum Gasteiger partial charge on any atom is -0.504 e. The molecule has 0 bridgehead atoms. The summed E-state index contributed by atoms with van der Waals surface area (Å²) in [6.45, 7) is 0. The van der Waals surface area contributed by atoms with Crippen molar-refractivity contribution in [1.29, 1.82) is 0 Å². The Labute approximate surface area is 150 Å². The molecule has 0 unspecified atom stereocenters. The van der Waals surface area contributed by atoms with Crippen LogP contribution in [-0.4, -0.2) is 25.4 Å². The third kappa shape index (κ3) is 4.21. The van der Waals surface area contributed by atoms with Gasteiger partial charge in [0.1, 0.15) is 0 Å². The zero-order valence-corrected chi connectivity index (χ0v) is 13.7. The maximum atomic E-state index is 9.52. The van der Waals surface area contributed by atoms with Crippen LogP contribution >= 0.6 is 0 Å². The zero-order valence-electron chi connectivity index (χ0n) is 13.7. The first-order valence-corrected chi connectivity index (χ1v) is 7.87. The lowest BCUT2D eigenvalue weighted by molar-refractivity contribution is 0.403. The molecule has 0 fully saturated rings. The molecule has 3 aromatic rings. The third-order valence-electron chi connectivity index (χ3n) is 3.72. The molecule has 0 aliphatic heterocycles. The molecule has 26 heavy (non-hydrogen) atoms. The van der Waals surface area contributed by atoms with Gasteiger partial charge in [0, 0.05) is 6.20 Å². The molecule has 0 amide bonds. The topological polar surface area (TPSA) is 93.8 Å². The summed E-state index contributed by atoms with van der Waals surface area (Å²) < 4.78 is 0. The van der Waals surface area contributed by atoms with Gasteiger partial charge in [-0.15, -0.1) is 0 Å². The summed E-state index contributed by atoms with van der Waals surface area (Å²) in [4.78, 5) is 4.27. The highest BCUT2D eigenvalue weighted by Gasteiger charge is 1.99. The number of phenols is 4. The van der Waals surface area contributed by atoms with Crippen LogP contribution in [0.5, 0.6) is 23.0 Å². The molecule has 0 radical (unpaired) electrons. The van der Waals surface area contributed by atoms with Gasteiger partial charge in [0.25, 0.3) is 0 Å². The van der Waals surface area contributed by atoms with Crippen LogP contribution in [0.15, 0.2) is 54.7 Å². The molecule has 0 saturated carbocycles. The van der Waals surface area contributed by atoms with Crippen LogP contribution in [0.2, 0.25) is 0 Å². The van der Waals surface area contributed by atoms with E-state index in [1.165, 1.54) is 24.3 Å². The van der Waals surface area contributed by atoms with Crippen molar-refractivity contribution in [1.82, 2.24) is 4.98 Å². The zero-order chi connectivity index (χ0) is 18.5. The molecule has 0 aliphatic carbocycles. The van der Waals surface area contributed by atoms with E-state index in [1.54, 1.807) is 30.5 Å². The van der Waals surface area contributed by atoms with Crippen molar-refractivity contribution in [3.8, 4) is 23.0 Å². The molecular formula is C21H17NO4. The number of aromatic hydroxyl groups is 4. The average Bonchev–Trinajstić information content (AvgIpc) is 2.64. The lowest BCUT2D eigenvalue weighted by Crippen LogP contribution is -1.82. The monoisotopic (exact) mass is 347 g/mol. The lowest BCUT2D eigenvalue weighted by atomic mass is 10.1. The summed E-state index contributed by atoms with van der Waals surface area (Å²) in [6, 6.07) is 12.9. The van der Waals surface area contributed by atoms with Gasteiger partial charge < -0.3 is 20.4 Å². The Hall–Kier alpha value is -3.73. The first-order chi connectivity index (χ1) is 12.5. The molecule has 4 N–H and O–H groups in total. The predicted molar refractivity (Wildman–Crippen MR) is 102 cm³/mol. The highest BCUT2D eigenvalue weighted by atomic mass is 16.3. The highest BCUT2D eigenvalue weighted by Crippen LogP contribution is 2.26. The van der Waals surface area contributed by atoms with E-state index in [2.05, 4.69) is 4.98 Å². The minimum absolute atomic E-state index is 0.154. The van der Waals surface area contributed by atoms with E-state index in [0.29, 0.717) is 0 Å². The number of phenolic OH excluding ortho intramolecular Hbond substituents is 4. The van der Waals surface area contributed by atoms with E-state index in [-0.39, 0.29) is 23.0 Å². The fourth-order valence-electron chi connectivity index (χ4n) is 2.32. The van der Waals surface area contributed by atoms with Gasteiger partial charge in [-0.3, -0.25) is 4.98 Å². The fourth-order valence-corrected chi connectivity index (χ4v) is 2.32. The Bertz CT molecular complexity index is 916. The quantitative estimate of drug-likeness (QED) is 0.530. The van der Waals surface area contributed by atoms with E-state index in [4.69, 9.17) is 0 Å². The second kappa shape index (κ2) is 7.44. The number of hydrogen-bond donors (Lipinski definition) is 4. The van der Waals surface area contributed by atoms with Crippen molar-refractivity contribution in [3.05, 3.63) is 77.1 Å². The van der Waals surface area contributed by atoms with Gasteiger partial charge in [0.2, 0.25) is 0 Å². The van der Waals surface area contributed by atoms with Crippen LogP contribution in [0, 0.1) is 0 Å². The number of pyridine rings is 1. The molecule has 0 saturated heterocycles. The van der Waals surface area contributed by atoms with E-state index < -0.39 is 0 Å². The van der Waals surface area contributed by atoms with Gasteiger partial charge in [-0.1, -0.05) is 30.4 Å². The van der Waals surface area contributed by atoms with Crippen LogP contribution in [-0.2, 0) is 0 Å². The van der Waals surface area contributed by atoms with Gasteiger partial charge >= 0.3 is 0 Å². The summed E-state index contributed by atoms with van der Waals surface area (Å²) in [5.41, 5.74) is 3.14. The summed E-state index contributed by atoms with van der Waals surface area (Å²) >= 11 is 0. The van der Waals surface area contributed by atoms with Gasteiger partial charge in [-0.2, -0.15) is 0 Å². The van der Waals surface area contributed by atoms with E-state index >= 15 is 0 Å². The summed E-state index contributed by atoms with van der Waals surface area (Å²) in [5, 5.41) is 37.7. The number of benzene rings is 2. The van der Waals surface area contributed by atoms with Gasteiger partial charge in [-0.25, -0.2) is 0 Å². The highest BCUT2D eigenvalue weighted by molar-refractivity contribution is 5.74. The SMILES string of the molecule is Oc1ccc(/C=C/c2ccnc(/C=C/c3ccc(O)c(O)c3)c2)cc1O. The lowest BCUT2D eigenvalue weighted by Gasteiger charge is -2.00. The second-order valence-corrected chi connectivity index (χ2v) is 5.68. The second-order valence-electron chi connectivity index (χ2n) is 5.68. The molecule has 0 spiro atoms. The first-order valence-electron chi connectivity index (χ1n) is 7.87. The van der Waals surface area contributed by atoms with Crippen LogP contribution in [0.1, 0.15) is 22.4 Å². The van der Waals surface area contributed by atoms with Crippen molar-refractivity contribution in [3.63, 3.8) is 0 Å². The largest absolute Gasteiger partial charge is 0.504 e. The van der Waals surface area contributed by atoms with Crippen LogP contribution in [0.4, 0.5) is 0 Å². The van der Waals surface area contributed by atoms with E-state index in [9.17, 15) is 20.4 Å². The summed E-state index contributed by atoms with van der Waals surface area (Å²) in [6.07, 6.45) is 8.96. The van der Waals surface area contributed by atoms with Crippen LogP contribution in [0.25, 0.3) is 24.3 Å². The first kappa shape index (κ1) is 17.1. The van der Waals surface area contributed by atoms with Crippen molar-refractivity contribution >= 4 is 24.3 Å². The van der Waals surface area contributed by atoms with Crippen molar-refractivity contribution in [2.45, 2.75) is 0 Å². The number of nitrogens with zero attached hydrogens (tertiary/aromatic N) is 1. The van der Waals surface area contributed by atoms with Gasteiger partial charge in [0.05, 0.1) is 5.69 Å². The fraction of sp³-hybridized carbons (Fsp3) is 0. The Kier molecular flexibility index (Phi) is 4.90. The normalized spacial score (nSPS) is 11.4. The molecule has 5 nitrogen and oxygen atoms in total. The van der Waals surface area contributed by atoms with Crippen LogP contribution in [0.3, 0.4) is 0 Å². The van der Waals surface area contributed by atoms with E-state index in [0.717, 1.165) is 22.4 Å². The molecule has 3 rings (SSSR count). The molecule has 130 valence electrons. The molecule has 2 aromatic carbocycles. The Morgan fingerprint density at radius 2 is 1.04 bits per heavy atom. The summed E-state index contributed by atoms with van der Waals surface area (Å²) in [7, 11) is 0. The predicted octanol–water partition coefficient (Wildman–Crippen LogP) is 4.24. The molecule has 0 aliphatic rings. The minimum atomic E-state index is -0.172. The molecule has 1 aromatic heterocycles. The number of aromatic nitrogens is 1. The smallest absolute Gasteiger partial charge is 0.157 e. The third-order valence-corrected chi connectivity index (χ3v) is 3.72.